The molecule has 5 heteroatoms. The zero-order valence-electron chi connectivity index (χ0n) is 14.2. The Labute approximate surface area is 152 Å². The van der Waals surface area contributed by atoms with E-state index < -0.39 is 0 Å². The fourth-order valence-corrected chi connectivity index (χ4v) is 4.52. The summed E-state index contributed by atoms with van der Waals surface area (Å²) in [5, 5.41) is 1.93. The van der Waals surface area contributed by atoms with Gasteiger partial charge in [-0.2, -0.15) is 0 Å². The Bertz CT molecular complexity index is 764. The van der Waals surface area contributed by atoms with Crippen molar-refractivity contribution in [1.29, 1.82) is 0 Å². The van der Waals surface area contributed by atoms with E-state index in [0.717, 1.165) is 37.2 Å². The van der Waals surface area contributed by atoms with E-state index >= 15 is 0 Å². The maximum absolute atomic E-state index is 12.9. The SMILES string of the molecule is O=C(c1cccs1)N1CCC(C(=O)N2CCc3ccccc3C2)CC1. The van der Waals surface area contributed by atoms with Crippen LogP contribution in [-0.4, -0.2) is 41.2 Å². The van der Waals surface area contributed by atoms with Crippen molar-refractivity contribution in [2.24, 2.45) is 5.92 Å². The summed E-state index contributed by atoms with van der Waals surface area (Å²) < 4.78 is 0. The van der Waals surface area contributed by atoms with Gasteiger partial charge < -0.3 is 9.80 Å². The Kier molecular flexibility index (Phi) is 4.57. The van der Waals surface area contributed by atoms with Crippen LogP contribution in [0, 0.1) is 5.92 Å². The molecule has 1 fully saturated rings. The fraction of sp³-hybridized carbons (Fsp3) is 0.400. The normalized spacial score (nSPS) is 18.1. The Hall–Kier alpha value is -2.14. The maximum atomic E-state index is 12.9. The first-order valence-electron chi connectivity index (χ1n) is 8.91. The number of hydrogen-bond donors (Lipinski definition) is 0. The third kappa shape index (κ3) is 3.33. The zero-order chi connectivity index (χ0) is 17.2. The predicted molar refractivity (Wildman–Crippen MR) is 98.5 cm³/mol. The Morgan fingerprint density at radius 2 is 1.68 bits per heavy atom. The number of likely N-dealkylation sites (tertiary alicyclic amines) is 1. The predicted octanol–water partition coefficient (Wildman–Crippen LogP) is 3.19. The van der Waals surface area contributed by atoms with E-state index in [9.17, 15) is 9.59 Å². The van der Waals surface area contributed by atoms with Gasteiger partial charge in [-0.3, -0.25) is 9.59 Å². The molecule has 0 atom stereocenters. The monoisotopic (exact) mass is 354 g/mol. The molecule has 4 nitrogen and oxygen atoms in total. The second-order valence-electron chi connectivity index (χ2n) is 6.82. The summed E-state index contributed by atoms with van der Waals surface area (Å²) in [6.45, 7) is 2.89. The van der Waals surface area contributed by atoms with Gasteiger partial charge in [0.15, 0.2) is 0 Å². The second-order valence-corrected chi connectivity index (χ2v) is 7.77. The summed E-state index contributed by atoms with van der Waals surface area (Å²) in [6.07, 6.45) is 2.49. The van der Waals surface area contributed by atoms with Gasteiger partial charge in [-0.05, 0) is 41.8 Å². The van der Waals surface area contributed by atoms with Crippen molar-refractivity contribution < 1.29 is 9.59 Å². The highest BCUT2D eigenvalue weighted by molar-refractivity contribution is 7.12. The van der Waals surface area contributed by atoms with Crippen molar-refractivity contribution in [2.45, 2.75) is 25.8 Å². The zero-order valence-corrected chi connectivity index (χ0v) is 15.0. The molecule has 1 aromatic heterocycles. The lowest BCUT2D eigenvalue weighted by Crippen LogP contribution is -2.45. The molecule has 2 amide bonds. The number of amides is 2. The van der Waals surface area contributed by atoms with Crippen LogP contribution in [0.15, 0.2) is 41.8 Å². The molecular weight excluding hydrogens is 332 g/mol. The van der Waals surface area contributed by atoms with Crippen molar-refractivity contribution in [1.82, 2.24) is 9.80 Å². The quantitative estimate of drug-likeness (QED) is 0.831. The molecule has 0 N–H and O–H groups in total. The minimum atomic E-state index is 0.0534. The largest absolute Gasteiger partial charge is 0.338 e. The summed E-state index contributed by atoms with van der Waals surface area (Å²) in [5.74, 6) is 0.420. The van der Waals surface area contributed by atoms with Crippen LogP contribution >= 0.6 is 11.3 Å². The molecule has 2 aromatic rings. The summed E-state index contributed by atoms with van der Waals surface area (Å²) >= 11 is 1.48. The number of thiophene rings is 1. The average molecular weight is 354 g/mol. The van der Waals surface area contributed by atoms with Gasteiger partial charge in [0.2, 0.25) is 5.91 Å². The van der Waals surface area contributed by atoms with Gasteiger partial charge in [-0.15, -0.1) is 11.3 Å². The molecule has 0 radical (unpaired) electrons. The van der Waals surface area contributed by atoms with Crippen LogP contribution in [0.1, 0.15) is 33.6 Å². The number of fused-ring (bicyclic) bond motifs is 1. The summed E-state index contributed by atoms with van der Waals surface area (Å²) in [6, 6.07) is 12.2. The lowest BCUT2D eigenvalue weighted by molar-refractivity contribution is -0.137. The first-order chi connectivity index (χ1) is 12.2. The molecular formula is C20H22N2O2S. The van der Waals surface area contributed by atoms with E-state index in [-0.39, 0.29) is 17.7 Å². The van der Waals surface area contributed by atoms with Crippen LogP contribution < -0.4 is 0 Å². The summed E-state index contributed by atoms with van der Waals surface area (Å²) in [4.78, 5) is 30.0. The molecule has 130 valence electrons. The van der Waals surface area contributed by atoms with Gasteiger partial charge in [-0.1, -0.05) is 30.3 Å². The molecule has 2 aliphatic heterocycles. The van der Waals surface area contributed by atoms with Crippen LogP contribution in [-0.2, 0) is 17.8 Å². The van der Waals surface area contributed by atoms with Gasteiger partial charge in [0, 0.05) is 32.1 Å². The highest BCUT2D eigenvalue weighted by atomic mass is 32.1. The number of hydrogen-bond acceptors (Lipinski definition) is 3. The Balaban J connectivity index is 1.35. The van der Waals surface area contributed by atoms with E-state index in [1.54, 1.807) is 0 Å². The number of rotatable bonds is 2. The third-order valence-corrected chi connectivity index (χ3v) is 6.16. The molecule has 25 heavy (non-hydrogen) atoms. The van der Waals surface area contributed by atoms with E-state index in [1.165, 1.54) is 22.5 Å². The van der Waals surface area contributed by atoms with E-state index in [1.807, 2.05) is 33.4 Å². The minimum absolute atomic E-state index is 0.0534. The molecule has 4 rings (SSSR count). The van der Waals surface area contributed by atoms with Crippen LogP contribution in [0.25, 0.3) is 0 Å². The number of piperidine rings is 1. The van der Waals surface area contributed by atoms with Gasteiger partial charge in [0.1, 0.15) is 0 Å². The Morgan fingerprint density at radius 3 is 2.40 bits per heavy atom. The number of benzene rings is 1. The van der Waals surface area contributed by atoms with Crippen molar-refractivity contribution in [3.05, 3.63) is 57.8 Å². The first-order valence-corrected chi connectivity index (χ1v) is 9.78. The highest BCUT2D eigenvalue weighted by Crippen LogP contribution is 2.25. The summed E-state index contributed by atoms with van der Waals surface area (Å²) in [5.41, 5.74) is 2.63. The topological polar surface area (TPSA) is 40.6 Å². The molecule has 0 saturated carbocycles. The van der Waals surface area contributed by atoms with Crippen molar-refractivity contribution in [3.63, 3.8) is 0 Å². The molecule has 0 bridgehead atoms. The van der Waals surface area contributed by atoms with Gasteiger partial charge in [0.05, 0.1) is 4.88 Å². The second kappa shape index (κ2) is 7.00. The highest BCUT2D eigenvalue weighted by Gasteiger charge is 2.31. The van der Waals surface area contributed by atoms with Crippen LogP contribution in [0.3, 0.4) is 0 Å². The lowest BCUT2D eigenvalue weighted by atomic mass is 9.93. The Morgan fingerprint density at radius 1 is 0.920 bits per heavy atom. The maximum Gasteiger partial charge on any atom is 0.263 e. The molecule has 3 heterocycles. The molecule has 0 unspecified atom stereocenters. The molecule has 2 aliphatic rings. The molecule has 0 aliphatic carbocycles. The molecule has 1 saturated heterocycles. The standard InChI is InChI=1S/C20H22N2O2S/c23-19(22-12-7-15-4-1-2-5-17(15)14-22)16-8-10-21(11-9-16)20(24)18-6-3-13-25-18/h1-6,13,16H,7-12,14H2. The van der Waals surface area contributed by atoms with Crippen LogP contribution in [0.4, 0.5) is 0 Å². The van der Waals surface area contributed by atoms with Gasteiger partial charge >= 0.3 is 0 Å². The number of carbonyl (C=O) groups excluding carboxylic acids is 2. The van der Waals surface area contributed by atoms with E-state index in [0.29, 0.717) is 13.1 Å². The average Bonchev–Trinajstić information content (AvgIpc) is 3.21. The number of nitrogens with zero attached hydrogens (tertiary/aromatic N) is 2. The third-order valence-electron chi connectivity index (χ3n) is 5.31. The van der Waals surface area contributed by atoms with Gasteiger partial charge in [0.25, 0.3) is 5.91 Å². The van der Waals surface area contributed by atoms with Crippen LogP contribution in [0.2, 0.25) is 0 Å². The first kappa shape index (κ1) is 16.3. The van der Waals surface area contributed by atoms with E-state index in [4.69, 9.17) is 0 Å². The van der Waals surface area contributed by atoms with Gasteiger partial charge in [-0.25, -0.2) is 0 Å². The summed E-state index contributed by atoms with van der Waals surface area (Å²) in [7, 11) is 0. The van der Waals surface area contributed by atoms with Crippen LogP contribution in [0.5, 0.6) is 0 Å². The van der Waals surface area contributed by atoms with Crippen molar-refractivity contribution >= 4 is 23.2 Å². The smallest absolute Gasteiger partial charge is 0.263 e. The molecule has 1 aromatic carbocycles. The van der Waals surface area contributed by atoms with E-state index in [2.05, 4.69) is 18.2 Å². The lowest BCUT2D eigenvalue weighted by Gasteiger charge is -2.36. The van der Waals surface area contributed by atoms with Crippen molar-refractivity contribution in [2.75, 3.05) is 19.6 Å². The molecule has 0 spiro atoms. The number of carbonyl (C=O) groups is 2. The fourth-order valence-electron chi connectivity index (χ4n) is 3.83. The minimum Gasteiger partial charge on any atom is -0.338 e. The van der Waals surface area contributed by atoms with Crippen molar-refractivity contribution in [3.8, 4) is 0 Å².